The van der Waals surface area contributed by atoms with Crippen LogP contribution in [0.4, 0.5) is 4.39 Å². The lowest BCUT2D eigenvalue weighted by Gasteiger charge is -2.02. The summed E-state index contributed by atoms with van der Waals surface area (Å²) in [7, 11) is 0. The highest BCUT2D eigenvalue weighted by Crippen LogP contribution is 2.13. The van der Waals surface area contributed by atoms with Crippen LogP contribution in [0.25, 0.3) is 11.6 Å². The van der Waals surface area contributed by atoms with Gasteiger partial charge in [0.15, 0.2) is 5.82 Å². The van der Waals surface area contributed by atoms with Crippen LogP contribution >= 0.6 is 11.3 Å². The number of aromatic nitrogens is 6. The molecule has 0 aliphatic carbocycles. The molecule has 0 aliphatic rings. The summed E-state index contributed by atoms with van der Waals surface area (Å²) < 4.78 is 14.2. The van der Waals surface area contributed by atoms with E-state index in [9.17, 15) is 4.39 Å². The lowest BCUT2D eigenvalue weighted by atomic mass is 10.1. The Labute approximate surface area is 125 Å². The first-order valence-electron chi connectivity index (χ1n) is 6.73. The molecule has 3 aromatic heterocycles. The molecule has 0 saturated carbocycles. The standard InChI is InChI=1S/C13H15FN6S/c14-5-6-20-11(3-1-2-10-4-7-21-8-10)17-13(19-20)12-15-9-16-18-12/h4,7-9H,1-3,5-6H2,(H,15,16,18). The predicted molar refractivity (Wildman–Crippen MR) is 77.7 cm³/mol. The summed E-state index contributed by atoms with van der Waals surface area (Å²) in [6.45, 7) is -0.244. The highest BCUT2D eigenvalue weighted by atomic mass is 32.1. The highest BCUT2D eigenvalue weighted by molar-refractivity contribution is 7.07. The van der Waals surface area contributed by atoms with Crippen molar-refractivity contribution in [2.75, 3.05) is 6.67 Å². The maximum Gasteiger partial charge on any atom is 0.218 e. The first-order valence-corrected chi connectivity index (χ1v) is 7.67. The zero-order chi connectivity index (χ0) is 14.5. The number of nitrogens with zero attached hydrogens (tertiary/aromatic N) is 5. The third-order valence-corrected chi connectivity index (χ3v) is 3.85. The monoisotopic (exact) mass is 306 g/mol. The van der Waals surface area contributed by atoms with Gasteiger partial charge in [0.2, 0.25) is 5.82 Å². The first-order chi connectivity index (χ1) is 10.4. The molecular weight excluding hydrogens is 291 g/mol. The van der Waals surface area contributed by atoms with Gasteiger partial charge in [-0.2, -0.15) is 16.4 Å². The van der Waals surface area contributed by atoms with Crippen LogP contribution in [0.3, 0.4) is 0 Å². The van der Waals surface area contributed by atoms with E-state index in [-0.39, 0.29) is 6.54 Å². The predicted octanol–water partition coefficient (Wildman–Crippen LogP) is 2.27. The van der Waals surface area contributed by atoms with Crippen LogP contribution in [0.1, 0.15) is 17.8 Å². The fourth-order valence-corrected chi connectivity index (χ4v) is 2.82. The molecule has 110 valence electrons. The number of alkyl halides is 1. The lowest BCUT2D eigenvalue weighted by Crippen LogP contribution is -2.07. The average molecular weight is 306 g/mol. The second kappa shape index (κ2) is 6.57. The fraction of sp³-hybridized carbons (Fsp3) is 0.385. The Kier molecular flexibility index (Phi) is 4.34. The summed E-state index contributed by atoms with van der Waals surface area (Å²) in [4.78, 5) is 8.47. The number of hydrogen-bond donors (Lipinski definition) is 1. The molecule has 0 radical (unpaired) electrons. The molecule has 0 aromatic carbocycles. The zero-order valence-electron chi connectivity index (χ0n) is 11.4. The molecule has 0 unspecified atom stereocenters. The van der Waals surface area contributed by atoms with Crippen LogP contribution in [-0.2, 0) is 19.4 Å². The molecule has 1 N–H and O–H groups in total. The molecule has 0 fully saturated rings. The molecular formula is C13H15FN6S. The Bertz CT molecular complexity index is 661. The smallest absolute Gasteiger partial charge is 0.218 e. The van der Waals surface area contributed by atoms with E-state index < -0.39 is 6.67 Å². The van der Waals surface area contributed by atoms with Crippen molar-refractivity contribution in [3.05, 3.63) is 34.5 Å². The third kappa shape index (κ3) is 3.33. The van der Waals surface area contributed by atoms with E-state index in [4.69, 9.17) is 0 Å². The first kappa shape index (κ1) is 13.9. The normalized spacial score (nSPS) is 11.1. The number of halogens is 1. The Hall–Kier alpha value is -2.09. The molecule has 6 nitrogen and oxygen atoms in total. The Morgan fingerprint density at radius 3 is 3.00 bits per heavy atom. The van der Waals surface area contributed by atoms with E-state index in [0.717, 1.165) is 25.1 Å². The van der Waals surface area contributed by atoms with Gasteiger partial charge in [0, 0.05) is 6.42 Å². The van der Waals surface area contributed by atoms with Gasteiger partial charge in [-0.05, 0) is 35.2 Å². The van der Waals surface area contributed by atoms with E-state index in [2.05, 4.69) is 42.1 Å². The minimum Gasteiger partial charge on any atom is -0.257 e. The minimum absolute atomic E-state index is 0.217. The molecule has 21 heavy (non-hydrogen) atoms. The molecule has 0 aliphatic heterocycles. The topological polar surface area (TPSA) is 72.3 Å². The molecule has 3 heterocycles. The van der Waals surface area contributed by atoms with E-state index >= 15 is 0 Å². The van der Waals surface area contributed by atoms with Crippen molar-refractivity contribution in [1.29, 1.82) is 0 Å². The Morgan fingerprint density at radius 2 is 2.29 bits per heavy atom. The molecule has 0 atom stereocenters. The van der Waals surface area contributed by atoms with E-state index in [1.165, 1.54) is 11.9 Å². The largest absolute Gasteiger partial charge is 0.257 e. The van der Waals surface area contributed by atoms with Gasteiger partial charge < -0.3 is 0 Å². The van der Waals surface area contributed by atoms with Crippen molar-refractivity contribution in [3.63, 3.8) is 0 Å². The van der Waals surface area contributed by atoms with Gasteiger partial charge in [-0.1, -0.05) is 0 Å². The number of rotatable bonds is 7. The van der Waals surface area contributed by atoms with Gasteiger partial charge in [0.25, 0.3) is 0 Å². The zero-order valence-corrected chi connectivity index (χ0v) is 12.2. The number of H-pyrrole nitrogens is 1. The fourth-order valence-electron chi connectivity index (χ4n) is 2.12. The van der Waals surface area contributed by atoms with Crippen LogP contribution in [-0.4, -0.2) is 36.6 Å². The van der Waals surface area contributed by atoms with Gasteiger partial charge >= 0.3 is 0 Å². The Morgan fingerprint density at radius 1 is 1.33 bits per heavy atom. The van der Waals surface area contributed by atoms with Gasteiger partial charge in [-0.25, -0.2) is 19.0 Å². The van der Waals surface area contributed by atoms with Crippen molar-refractivity contribution in [2.24, 2.45) is 0 Å². The molecule has 3 aromatic rings. The molecule has 3 rings (SSSR count). The molecule has 0 bridgehead atoms. The van der Waals surface area contributed by atoms with Crippen LogP contribution in [0.5, 0.6) is 0 Å². The van der Waals surface area contributed by atoms with Gasteiger partial charge in [-0.3, -0.25) is 5.10 Å². The number of aryl methyl sites for hydroxylation is 3. The second-order valence-corrected chi connectivity index (χ2v) is 5.36. The van der Waals surface area contributed by atoms with Crippen LogP contribution < -0.4 is 0 Å². The lowest BCUT2D eigenvalue weighted by molar-refractivity contribution is 0.418. The molecule has 8 heteroatoms. The second-order valence-electron chi connectivity index (χ2n) is 4.58. The summed E-state index contributed by atoms with van der Waals surface area (Å²) in [5, 5.41) is 15.0. The van der Waals surface area contributed by atoms with E-state index in [1.54, 1.807) is 16.0 Å². The van der Waals surface area contributed by atoms with Crippen molar-refractivity contribution >= 4 is 11.3 Å². The van der Waals surface area contributed by atoms with Gasteiger partial charge in [0.05, 0.1) is 6.54 Å². The molecule has 0 spiro atoms. The van der Waals surface area contributed by atoms with Gasteiger partial charge in [0.1, 0.15) is 18.8 Å². The number of thiophene rings is 1. The summed E-state index contributed by atoms with van der Waals surface area (Å²) in [6.07, 6.45) is 4.11. The summed E-state index contributed by atoms with van der Waals surface area (Å²) in [5.41, 5.74) is 1.33. The van der Waals surface area contributed by atoms with Crippen molar-refractivity contribution in [1.82, 2.24) is 29.9 Å². The molecule has 0 amide bonds. The van der Waals surface area contributed by atoms with E-state index in [1.807, 2.05) is 0 Å². The Balaban J connectivity index is 1.70. The average Bonchev–Trinajstić information content (AvgIpc) is 3.20. The maximum absolute atomic E-state index is 12.6. The maximum atomic E-state index is 12.6. The number of aromatic amines is 1. The molecule has 0 saturated heterocycles. The quantitative estimate of drug-likeness (QED) is 0.727. The van der Waals surface area contributed by atoms with Gasteiger partial charge in [-0.15, -0.1) is 5.10 Å². The summed E-state index contributed by atoms with van der Waals surface area (Å²) in [6, 6.07) is 2.12. The van der Waals surface area contributed by atoms with Crippen molar-refractivity contribution < 1.29 is 4.39 Å². The SMILES string of the molecule is FCCn1nc(-c2ncn[nH]2)nc1CCCc1ccsc1. The van der Waals surface area contributed by atoms with Crippen LogP contribution in [0.15, 0.2) is 23.2 Å². The van der Waals surface area contributed by atoms with Crippen LogP contribution in [0.2, 0.25) is 0 Å². The number of nitrogens with one attached hydrogen (secondary N) is 1. The van der Waals surface area contributed by atoms with Crippen molar-refractivity contribution in [3.8, 4) is 11.6 Å². The van der Waals surface area contributed by atoms with Crippen LogP contribution in [0, 0.1) is 0 Å². The number of hydrogen-bond acceptors (Lipinski definition) is 5. The summed E-state index contributed by atoms with van der Waals surface area (Å²) >= 11 is 1.70. The minimum atomic E-state index is -0.462. The van der Waals surface area contributed by atoms with Crippen molar-refractivity contribution in [2.45, 2.75) is 25.8 Å². The third-order valence-electron chi connectivity index (χ3n) is 3.12. The van der Waals surface area contributed by atoms with E-state index in [0.29, 0.717) is 11.6 Å². The highest BCUT2D eigenvalue weighted by Gasteiger charge is 2.13. The summed E-state index contributed by atoms with van der Waals surface area (Å²) in [5.74, 6) is 1.76.